The Morgan fingerprint density at radius 3 is 2.18 bits per heavy atom. The third kappa shape index (κ3) is 4.31. The first-order valence-corrected chi connectivity index (χ1v) is 7.93. The van der Waals surface area contributed by atoms with E-state index >= 15 is 0 Å². The zero-order valence-corrected chi connectivity index (χ0v) is 15.1. The van der Waals surface area contributed by atoms with Gasteiger partial charge in [-0.05, 0) is 36.5 Å². The predicted octanol–water partition coefficient (Wildman–Crippen LogP) is 6.01. The van der Waals surface area contributed by atoms with Crippen LogP contribution in [-0.4, -0.2) is 12.2 Å². The van der Waals surface area contributed by atoms with Crippen molar-refractivity contribution in [1.29, 1.82) is 0 Å². The number of hydrogen-bond donors (Lipinski definition) is 2. The predicted molar refractivity (Wildman–Crippen MR) is 98.3 cm³/mol. The van der Waals surface area contributed by atoms with Gasteiger partial charge in [0.2, 0.25) is 0 Å². The topological polar surface area (TPSA) is 33.3 Å². The molecular formula is C14H10Cl4N2OS. The van der Waals surface area contributed by atoms with Crippen LogP contribution >= 0.6 is 58.6 Å². The van der Waals surface area contributed by atoms with E-state index in [0.717, 1.165) is 5.69 Å². The molecule has 0 radical (unpaired) electrons. The largest absolute Gasteiger partial charge is 0.454 e. The molecule has 0 aromatic heterocycles. The lowest BCUT2D eigenvalue weighted by Crippen LogP contribution is -2.24. The van der Waals surface area contributed by atoms with Crippen molar-refractivity contribution >= 4 is 69.4 Å². The van der Waals surface area contributed by atoms with Gasteiger partial charge in [0.25, 0.3) is 0 Å². The number of halogens is 4. The number of thiocarbonyl (C=S) groups is 1. The Balaban J connectivity index is 2.24. The van der Waals surface area contributed by atoms with Crippen LogP contribution in [0, 0.1) is 0 Å². The molecule has 0 heterocycles. The summed E-state index contributed by atoms with van der Waals surface area (Å²) in [5.74, 6) is 0.798. The van der Waals surface area contributed by atoms with E-state index in [9.17, 15) is 0 Å². The molecule has 0 saturated heterocycles. The molecule has 8 heteroatoms. The van der Waals surface area contributed by atoms with Crippen LogP contribution in [0.5, 0.6) is 11.5 Å². The van der Waals surface area contributed by atoms with Crippen LogP contribution in [-0.2, 0) is 0 Å². The SMILES string of the molecule is CNC(=S)Nc1ccc(Oc2cc(Cl)c(Cl)cc2Cl)c(Cl)c1. The molecule has 116 valence electrons. The van der Waals surface area contributed by atoms with Gasteiger partial charge < -0.3 is 15.4 Å². The lowest BCUT2D eigenvalue weighted by atomic mass is 10.3. The summed E-state index contributed by atoms with van der Waals surface area (Å²) in [4.78, 5) is 0. The number of benzene rings is 2. The van der Waals surface area contributed by atoms with Crippen molar-refractivity contribution in [1.82, 2.24) is 5.32 Å². The van der Waals surface area contributed by atoms with Crippen molar-refractivity contribution < 1.29 is 4.74 Å². The van der Waals surface area contributed by atoms with Crippen molar-refractivity contribution in [2.24, 2.45) is 0 Å². The summed E-state index contributed by atoms with van der Waals surface area (Å²) in [6, 6.07) is 8.20. The highest BCUT2D eigenvalue weighted by atomic mass is 35.5. The van der Waals surface area contributed by atoms with Crippen molar-refractivity contribution in [2.75, 3.05) is 12.4 Å². The van der Waals surface area contributed by atoms with Crippen LogP contribution in [0.25, 0.3) is 0 Å². The molecule has 2 aromatic rings. The Kier molecular flexibility index (Phi) is 6.01. The van der Waals surface area contributed by atoms with Crippen molar-refractivity contribution in [3.8, 4) is 11.5 Å². The summed E-state index contributed by atoms with van der Waals surface area (Å²) in [5, 5.41) is 7.68. The van der Waals surface area contributed by atoms with Crippen molar-refractivity contribution in [3.63, 3.8) is 0 Å². The Morgan fingerprint density at radius 2 is 1.55 bits per heavy atom. The first-order valence-electron chi connectivity index (χ1n) is 6.01. The van der Waals surface area contributed by atoms with Gasteiger partial charge in [0, 0.05) is 18.8 Å². The highest BCUT2D eigenvalue weighted by Gasteiger charge is 2.11. The van der Waals surface area contributed by atoms with Crippen LogP contribution < -0.4 is 15.4 Å². The third-order valence-corrected chi connectivity index (χ3v) is 4.23. The van der Waals surface area contributed by atoms with Gasteiger partial charge in [-0.15, -0.1) is 0 Å². The van der Waals surface area contributed by atoms with Crippen LogP contribution in [0.3, 0.4) is 0 Å². The minimum Gasteiger partial charge on any atom is -0.454 e. The molecule has 0 saturated carbocycles. The molecule has 2 N–H and O–H groups in total. The zero-order chi connectivity index (χ0) is 16.3. The fourth-order valence-corrected chi connectivity index (χ4v) is 2.47. The van der Waals surface area contributed by atoms with Gasteiger partial charge >= 0.3 is 0 Å². The van der Waals surface area contributed by atoms with E-state index in [-0.39, 0.29) is 0 Å². The standard InChI is InChI=1S/C14H10Cl4N2OS/c1-19-14(22)20-7-2-3-12(10(17)4-7)21-13-6-9(16)8(15)5-11(13)18/h2-6H,1H3,(H2,19,20,22). The van der Waals surface area contributed by atoms with E-state index in [1.807, 2.05) is 0 Å². The van der Waals surface area contributed by atoms with Crippen molar-refractivity contribution in [2.45, 2.75) is 0 Å². The van der Waals surface area contributed by atoms with E-state index in [4.69, 9.17) is 63.4 Å². The van der Waals surface area contributed by atoms with E-state index in [2.05, 4.69) is 10.6 Å². The summed E-state index contributed by atoms with van der Waals surface area (Å²) in [5.41, 5.74) is 0.733. The van der Waals surface area contributed by atoms with Crippen molar-refractivity contribution in [3.05, 3.63) is 50.4 Å². The number of nitrogens with one attached hydrogen (secondary N) is 2. The molecule has 0 atom stereocenters. The normalized spacial score (nSPS) is 10.2. The first kappa shape index (κ1) is 17.4. The maximum absolute atomic E-state index is 6.20. The fraction of sp³-hybridized carbons (Fsp3) is 0.0714. The summed E-state index contributed by atoms with van der Waals surface area (Å²) in [7, 11) is 1.72. The molecule has 0 aliphatic heterocycles. The fourth-order valence-electron chi connectivity index (χ4n) is 1.56. The van der Waals surface area contributed by atoms with Crippen LogP contribution in [0.4, 0.5) is 5.69 Å². The molecule has 2 rings (SSSR count). The molecule has 0 amide bonds. The minimum atomic E-state index is 0.337. The molecule has 2 aromatic carbocycles. The summed E-state index contributed by atoms with van der Waals surface area (Å²) in [6.07, 6.45) is 0. The summed E-state index contributed by atoms with van der Waals surface area (Å²) in [6.45, 7) is 0. The molecule has 0 aliphatic rings. The number of ether oxygens (including phenoxy) is 1. The molecule has 0 bridgehead atoms. The number of hydrogen-bond acceptors (Lipinski definition) is 2. The van der Waals surface area contributed by atoms with Crippen LogP contribution in [0.1, 0.15) is 0 Å². The highest BCUT2D eigenvalue weighted by Crippen LogP contribution is 2.38. The molecule has 3 nitrogen and oxygen atoms in total. The smallest absolute Gasteiger partial charge is 0.170 e. The maximum Gasteiger partial charge on any atom is 0.170 e. The van der Waals surface area contributed by atoms with Gasteiger partial charge in [0.15, 0.2) is 5.11 Å². The van der Waals surface area contributed by atoms with Gasteiger partial charge in [0.05, 0.1) is 20.1 Å². The second kappa shape index (κ2) is 7.57. The monoisotopic (exact) mass is 394 g/mol. The van der Waals surface area contributed by atoms with E-state index in [1.54, 1.807) is 25.2 Å². The summed E-state index contributed by atoms with van der Waals surface area (Å²) < 4.78 is 5.68. The second-order valence-electron chi connectivity index (χ2n) is 4.15. The molecular weight excluding hydrogens is 386 g/mol. The lowest BCUT2D eigenvalue weighted by molar-refractivity contribution is 0.483. The third-order valence-electron chi connectivity index (χ3n) is 2.61. The average molecular weight is 396 g/mol. The lowest BCUT2D eigenvalue weighted by Gasteiger charge is -2.12. The molecule has 22 heavy (non-hydrogen) atoms. The maximum atomic E-state index is 6.20. The van der Waals surface area contributed by atoms with E-state index < -0.39 is 0 Å². The Bertz CT molecular complexity index is 724. The molecule has 0 aliphatic carbocycles. The van der Waals surface area contributed by atoms with Gasteiger partial charge in [0.1, 0.15) is 11.5 Å². The Morgan fingerprint density at radius 1 is 0.909 bits per heavy atom. The first-order chi connectivity index (χ1) is 10.4. The van der Waals surface area contributed by atoms with E-state index in [0.29, 0.717) is 36.7 Å². The minimum absolute atomic E-state index is 0.337. The molecule has 0 fully saturated rings. The molecule has 0 spiro atoms. The zero-order valence-electron chi connectivity index (χ0n) is 11.2. The highest BCUT2D eigenvalue weighted by molar-refractivity contribution is 7.80. The summed E-state index contributed by atoms with van der Waals surface area (Å²) >= 11 is 29.1. The van der Waals surface area contributed by atoms with Gasteiger partial charge in [-0.25, -0.2) is 0 Å². The van der Waals surface area contributed by atoms with Crippen LogP contribution in [0.2, 0.25) is 20.1 Å². The Hall–Kier alpha value is -0.910. The van der Waals surface area contributed by atoms with Crippen LogP contribution in [0.15, 0.2) is 30.3 Å². The van der Waals surface area contributed by atoms with Gasteiger partial charge in [-0.2, -0.15) is 0 Å². The molecule has 0 unspecified atom stereocenters. The quantitative estimate of drug-likeness (QED) is 0.492. The van der Waals surface area contributed by atoms with Gasteiger partial charge in [-0.3, -0.25) is 0 Å². The number of anilines is 1. The second-order valence-corrected chi connectivity index (χ2v) is 6.19. The van der Waals surface area contributed by atoms with E-state index in [1.165, 1.54) is 12.1 Å². The Labute approximate surface area is 153 Å². The van der Waals surface area contributed by atoms with Gasteiger partial charge in [-0.1, -0.05) is 46.4 Å². The average Bonchev–Trinajstić information content (AvgIpc) is 2.47. The number of rotatable bonds is 3.